The van der Waals surface area contributed by atoms with E-state index in [1.54, 1.807) is 30.3 Å². The summed E-state index contributed by atoms with van der Waals surface area (Å²) >= 11 is 0. The molecule has 8 nitrogen and oxygen atoms in total. The molecule has 0 bridgehead atoms. The molecule has 3 aromatic heterocycles. The number of nitrogens with one attached hydrogen (secondary N) is 1. The molecule has 1 aliphatic heterocycles. The average molecular weight is 414 g/mol. The lowest BCUT2D eigenvalue weighted by Crippen LogP contribution is -2.32. The smallest absolute Gasteiger partial charge is 0.282 e. The standard InChI is InChI=1S/C20H20F2N6O2/c1-12-7-16(19(21)22)26-28(12)11-18(30)27-6-4-14(10-27)20-24-15(8-17(29)25-20)13-3-2-5-23-9-13/h2-3,5,7-9,14,19H,4,6,10-11H2,1H3,(H,24,25,29)/t14-/m0/s1. The van der Waals surface area contributed by atoms with Crippen molar-refractivity contribution < 1.29 is 13.6 Å². The Morgan fingerprint density at radius 3 is 2.90 bits per heavy atom. The molecule has 1 aliphatic rings. The van der Waals surface area contributed by atoms with E-state index in [1.165, 1.54) is 16.8 Å². The Morgan fingerprint density at radius 1 is 1.37 bits per heavy atom. The highest BCUT2D eigenvalue weighted by molar-refractivity contribution is 5.76. The number of amides is 1. The molecule has 1 fully saturated rings. The van der Waals surface area contributed by atoms with E-state index in [-0.39, 0.29) is 29.6 Å². The highest BCUT2D eigenvalue weighted by atomic mass is 19.3. The number of H-pyrrole nitrogens is 1. The zero-order valence-corrected chi connectivity index (χ0v) is 16.3. The molecule has 1 atom stereocenters. The quantitative estimate of drug-likeness (QED) is 0.691. The Kier molecular flexibility index (Phi) is 5.39. The van der Waals surface area contributed by atoms with Crippen LogP contribution in [0.2, 0.25) is 0 Å². The molecule has 0 spiro atoms. The predicted octanol–water partition coefficient (Wildman–Crippen LogP) is 2.29. The van der Waals surface area contributed by atoms with Gasteiger partial charge in [0.1, 0.15) is 18.1 Å². The van der Waals surface area contributed by atoms with Crippen LogP contribution in [0.5, 0.6) is 0 Å². The molecule has 156 valence electrons. The van der Waals surface area contributed by atoms with Gasteiger partial charge in [-0.3, -0.25) is 19.3 Å². The molecule has 0 saturated carbocycles. The second kappa shape index (κ2) is 8.13. The molecule has 30 heavy (non-hydrogen) atoms. The number of aryl methyl sites for hydroxylation is 1. The Labute approximate surface area is 170 Å². The molecule has 4 heterocycles. The van der Waals surface area contributed by atoms with Crippen LogP contribution in [0.1, 0.15) is 36.0 Å². The van der Waals surface area contributed by atoms with Crippen molar-refractivity contribution in [3.05, 3.63) is 64.2 Å². The molecule has 3 aromatic rings. The first-order valence-corrected chi connectivity index (χ1v) is 9.52. The van der Waals surface area contributed by atoms with Gasteiger partial charge in [-0.05, 0) is 31.5 Å². The molecule has 1 N–H and O–H groups in total. The summed E-state index contributed by atoms with van der Waals surface area (Å²) in [5.41, 5.74) is 1.16. The topological polar surface area (TPSA) is 96.8 Å². The number of aromatic nitrogens is 5. The van der Waals surface area contributed by atoms with E-state index in [0.717, 1.165) is 5.56 Å². The summed E-state index contributed by atoms with van der Waals surface area (Å²) in [5, 5.41) is 3.81. The number of hydrogen-bond donors (Lipinski definition) is 1. The fourth-order valence-electron chi connectivity index (χ4n) is 3.57. The van der Waals surface area contributed by atoms with Crippen molar-refractivity contribution in [1.29, 1.82) is 0 Å². The number of halogens is 2. The number of nitrogens with zero attached hydrogens (tertiary/aromatic N) is 5. The lowest BCUT2D eigenvalue weighted by molar-refractivity contribution is -0.131. The van der Waals surface area contributed by atoms with Crippen molar-refractivity contribution in [1.82, 2.24) is 29.6 Å². The van der Waals surface area contributed by atoms with E-state index in [4.69, 9.17) is 0 Å². The summed E-state index contributed by atoms with van der Waals surface area (Å²) in [7, 11) is 0. The van der Waals surface area contributed by atoms with Crippen LogP contribution in [-0.4, -0.2) is 48.6 Å². The van der Waals surface area contributed by atoms with Gasteiger partial charge in [-0.2, -0.15) is 5.10 Å². The van der Waals surface area contributed by atoms with Gasteiger partial charge >= 0.3 is 0 Å². The molecule has 0 aliphatic carbocycles. The number of hydrogen-bond acceptors (Lipinski definition) is 5. The molecule has 0 aromatic carbocycles. The minimum Gasteiger partial charge on any atom is -0.340 e. The molecule has 0 radical (unpaired) electrons. The SMILES string of the molecule is Cc1cc(C(F)F)nn1CC(=O)N1CC[C@H](c2nc(-c3cccnc3)cc(=O)[nH]2)C1. The van der Waals surface area contributed by atoms with Crippen LogP contribution < -0.4 is 5.56 Å². The first-order chi connectivity index (χ1) is 14.4. The van der Waals surface area contributed by atoms with Gasteiger partial charge in [0.2, 0.25) is 5.91 Å². The minimum atomic E-state index is -2.67. The van der Waals surface area contributed by atoms with Crippen LogP contribution in [0.25, 0.3) is 11.3 Å². The monoisotopic (exact) mass is 414 g/mol. The first kappa shape index (κ1) is 19.9. The molecule has 1 saturated heterocycles. The molecule has 0 unspecified atom stereocenters. The second-order valence-corrected chi connectivity index (χ2v) is 7.25. The van der Waals surface area contributed by atoms with Crippen molar-refractivity contribution in [2.45, 2.75) is 32.2 Å². The fraction of sp³-hybridized carbons (Fsp3) is 0.350. The molecule has 1 amide bonds. The van der Waals surface area contributed by atoms with Crippen LogP contribution in [-0.2, 0) is 11.3 Å². The lowest BCUT2D eigenvalue weighted by atomic mass is 10.1. The van der Waals surface area contributed by atoms with Crippen LogP contribution in [0.15, 0.2) is 41.5 Å². The zero-order valence-electron chi connectivity index (χ0n) is 16.3. The van der Waals surface area contributed by atoms with Crippen molar-refractivity contribution in [2.24, 2.45) is 0 Å². The van der Waals surface area contributed by atoms with Gasteiger partial charge in [0.15, 0.2) is 0 Å². The van der Waals surface area contributed by atoms with Gasteiger partial charge in [-0.15, -0.1) is 0 Å². The molecule has 4 rings (SSSR count). The van der Waals surface area contributed by atoms with Crippen LogP contribution >= 0.6 is 0 Å². The normalized spacial score (nSPS) is 16.4. The summed E-state index contributed by atoms with van der Waals surface area (Å²) in [6, 6.07) is 6.29. The number of alkyl halides is 2. The first-order valence-electron chi connectivity index (χ1n) is 9.52. The maximum atomic E-state index is 12.8. The van der Waals surface area contributed by atoms with E-state index < -0.39 is 6.43 Å². The number of rotatable bonds is 5. The number of pyridine rings is 1. The second-order valence-electron chi connectivity index (χ2n) is 7.25. The van der Waals surface area contributed by atoms with Crippen LogP contribution in [0, 0.1) is 6.92 Å². The summed E-state index contributed by atoms with van der Waals surface area (Å²) in [4.78, 5) is 37.8. The van der Waals surface area contributed by atoms with Gasteiger partial charge in [0, 0.05) is 48.7 Å². The number of likely N-dealkylation sites (tertiary alicyclic amines) is 1. The Bertz CT molecular complexity index is 1110. The van der Waals surface area contributed by atoms with Crippen LogP contribution in [0.3, 0.4) is 0 Å². The van der Waals surface area contributed by atoms with Crippen LogP contribution in [0.4, 0.5) is 8.78 Å². The van der Waals surface area contributed by atoms with Crippen molar-refractivity contribution in [2.75, 3.05) is 13.1 Å². The molecular formula is C20H20F2N6O2. The van der Waals surface area contributed by atoms with E-state index in [1.807, 2.05) is 6.07 Å². The lowest BCUT2D eigenvalue weighted by Gasteiger charge is -2.17. The number of carbonyl (C=O) groups is 1. The van der Waals surface area contributed by atoms with E-state index in [0.29, 0.717) is 36.7 Å². The Morgan fingerprint density at radius 2 is 2.20 bits per heavy atom. The Hall–Kier alpha value is -3.43. The number of aromatic amines is 1. The van der Waals surface area contributed by atoms with Gasteiger partial charge in [0.25, 0.3) is 12.0 Å². The third-order valence-corrected chi connectivity index (χ3v) is 5.15. The van der Waals surface area contributed by atoms with E-state index in [2.05, 4.69) is 20.1 Å². The van der Waals surface area contributed by atoms with Crippen molar-refractivity contribution in [3.63, 3.8) is 0 Å². The third kappa shape index (κ3) is 4.12. The van der Waals surface area contributed by atoms with Gasteiger partial charge in [-0.1, -0.05) is 0 Å². The van der Waals surface area contributed by atoms with E-state index in [9.17, 15) is 18.4 Å². The summed E-state index contributed by atoms with van der Waals surface area (Å²) in [5.74, 6) is 0.191. The Balaban J connectivity index is 1.47. The van der Waals surface area contributed by atoms with Gasteiger partial charge in [0.05, 0.1) is 5.69 Å². The number of carbonyl (C=O) groups excluding carboxylic acids is 1. The van der Waals surface area contributed by atoms with Gasteiger partial charge in [-0.25, -0.2) is 13.8 Å². The van der Waals surface area contributed by atoms with Crippen molar-refractivity contribution in [3.8, 4) is 11.3 Å². The van der Waals surface area contributed by atoms with Gasteiger partial charge < -0.3 is 9.88 Å². The highest BCUT2D eigenvalue weighted by Crippen LogP contribution is 2.26. The summed E-state index contributed by atoms with van der Waals surface area (Å²) < 4.78 is 26.9. The average Bonchev–Trinajstić information content (AvgIpc) is 3.36. The van der Waals surface area contributed by atoms with E-state index >= 15 is 0 Å². The maximum absolute atomic E-state index is 12.8. The summed E-state index contributed by atoms with van der Waals surface area (Å²) in [6.45, 7) is 2.41. The zero-order chi connectivity index (χ0) is 21.3. The third-order valence-electron chi connectivity index (χ3n) is 5.15. The molecule has 10 heteroatoms. The van der Waals surface area contributed by atoms with Crippen molar-refractivity contribution >= 4 is 5.91 Å². The largest absolute Gasteiger partial charge is 0.340 e. The molecular weight excluding hydrogens is 394 g/mol. The maximum Gasteiger partial charge on any atom is 0.282 e. The fourth-order valence-corrected chi connectivity index (χ4v) is 3.57. The minimum absolute atomic E-state index is 0.106. The summed E-state index contributed by atoms with van der Waals surface area (Å²) in [6.07, 6.45) is 1.25. The highest BCUT2D eigenvalue weighted by Gasteiger charge is 2.29. The predicted molar refractivity (Wildman–Crippen MR) is 104 cm³/mol.